The molecular weight excluding hydrogens is 450 g/mol. The summed E-state index contributed by atoms with van der Waals surface area (Å²) in [4.78, 5) is 2.69. The smallest absolute Gasteiger partial charge is 0.298 e. The third-order valence-electron chi connectivity index (χ3n) is 7.33. The van der Waals surface area contributed by atoms with E-state index >= 15 is 0 Å². The van der Waals surface area contributed by atoms with Gasteiger partial charge in [-0.1, -0.05) is 56.8 Å². The van der Waals surface area contributed by atoms with E-state index in [0.717, 1.165) is 33.9 Å². The van der Waals surface area contributed by atoms with Gasteiger partial charge < -0.3 is 8.83 Å². The highest BCUT2D eigenvalue weighted by Crippen LogP contribution is 2.54. The number of hydrogen-bond donors (Lipinski definition) is 0. The topological polar surface area (TPSA) is 30.2 Å². The minimum atomic E-state index is 0.176. The average Bonchev–Trinajstić information content (AvgIpc) is 3.33. The van der Waals surface area contributed by atoms with Crippen molar-refractivity contribution in [2.75, 3.05) is 0 Å². The zero-order valence-corrected chi connectivity index (χ0v) is 21.8. The van der Waals surface area contributed by atoms with Gasteiger partial charge in [-0.05, 0) is 59.7 Å². The van der Waals surface area contributed by atoms with Gasteiger partial charge in [0.15, 0.2) is 6.20 Å². The van der Waals surface area contributed by atoms with Crippen molar-refractivity contribution in [3.8, 4) is 11.3 Å². The number of pyridine rings is 1. The summed E-state index contributed by atoms with van der Waals surface area (Å²) in [5.74, 6) is 1.49. The van der Waals surface area contributed by atoms with Gasteiger partial charge in [0.2, 0.25) is 5.69 Å². The number of aryl methyl sites for hydroxylation is 3. The highest BCUT2D eigenvalue weighted by molar-refractivity contribution is 8.00. The Morgan fingerprint density at radius 3 is 2.43 bits per heavy atom. The molecule has 1 aliphatic rings. The fraction of sp³-hybridized carbons (Fsp3) is 0.258. The van der Waals surface area contributed by atoms with Gasteiger partial charge in [0.25, 0.3) is 5.78 Å². The molecule has 0 saturated heterocycles. The molecule has 1 aliphatic heterocycles. The van der Waals surface area contributed by atoms with Crippen molar-refractivity contribution in [1.29, 1.82) is 0 Å². The van der Waals surface area contributed by atoms with Gasteiger partial charge in [-0.25, -0.2) is 4.57 Å². The summed E-state index contributed by atoms with van der Waals surface area (Å²) < 4.78 is 14.5. The predicted octanol–water partition coefficient (Wildman–Crippen LogP) is 8.65. The lowest BCUT2D eigenvalue weighted by Gasteiger charge is -2.27. The second kappa shape index (κ2) is 6.92. The van der Waals surface area contributed by atoms with Crippen LogP contribution in [-0.2, 0) is 13.5 Å². The van der Waals surface area contributed by atoms with E-state index in [1.165, 1.54) is 48.3 Å². The summed E-state index contributed by atoms with van der Waals surface area (Å²) in [6.45, 7) is 11.3. The zero-order valence-electron chi connectivity index (χ0n) is 21.0. The zero-order chi connectivity index (χ0) is 24.2. The Labute approximate surface area is 208 Å². The Morgan fingerprint density at radius 1 is 0.886 bits per heavy atom. The van der Waals surface area contributed by atoms with Gasteiger partial charge in [0.1, 0.15) is 18.4 Å². The van der Waals surface area contributed by atoms with E-state index in [0.29, 0.717) is 5.78 Å². The van der Waals surface area contributed by atoms with Crippen LogP contribution in [0.3, 0.4) is 0 Å². The molecule has 0 unspecified atom stereocenters. The first-order valence-corrected chi connectivity index (χ1v) is 13.0. The van der Waals surface area contributed by atoms with Crippen molar-refractivity contribution in [2.45, 2.75) is 50.8 Å². The Kier molecular flexibility index (Phi) is 4.16. The second-order valence-electron chi connectivity index (χ2n) is 11.2. The third-order valence-corrected chi connectivity index (χ3v) is 8.53. The van der Waals surface area contributed by atoms with E-state index in [-0.39, 0.29) is 5.41 Å². The van der Waals surface area contributed by atoms with Gasteiger partial charge in [0, 0.05) is 26.6 Å². The molecular formula is C31H28NO2S+. The molecule has 174 valence electrons. The Hall–Kier alpha value is -3.24. The first-order chi connectivity index (χ1) is 16.7. The maximum absolute atomic E-state index is 6.30. The van der Waals surface area contributed by atoms with E-state index in [2.05, 4.69) is 88.0 Å². The van der Waals surface area contributed by atoms with Crippen LogP contribution in [0.25, 0.3) is 54.9 Å². The molecule has 0 N–H and O–H groups in total. The van der Waals surface area contributed by atoms with Crippen LogP contribution in [0.4, 0.5) is 0 Å². The van der Waals surface area contributed by atoms with Gasteiger partial charge in [-0.15, -0.1) is 0 Å². The van der Waals surface area contributed by atoms with Crippen LogP contribution < -0.4 is 4.57 Å². The minimum absolute atomic E-state index is 0.176. The van der Waals surface area contributed by atoms with Crippen LogP contribution in [0.1, 0.15) is 37.7 Å². The molecule has 4 heterocycles. The molecule has 0 bridgehead atoms. The Balaban J connectivity index is 1.67. The first-order valence-electron chi connectivity index (χ1n) is 12.2. The van der Waals surface area contributed by atoms with Crippen molar-refractivity contribution in [2.24, 2.45) is 12.5 Å². The van der Waals surface area contributed by atoms with Crippen LogP contribution in [0.2, 0.25) is 0 Å². The van der Waals surface area contributed by atoms with Crippen LogP contribution in [0.15, 0.2) is 67.3 Å². The fourth-order valence-electron chi connectivity index (χ4n) is 5.91. The normalized spacial score (nSPS) is 13.4. The molecule has 0 saturated carbocycles. The quantitative estimate of drug-likeness (QED) is 0.221. The van der Waals surface area contributed by atoms with Gasteiger partial charge in [-0.2, -0.15) is 0 Å². The number of aromatic nitrogens is 1. The SMILES string of the molecule is Cc1cc2c(o1)oc1c3cc[n+](C)c4c3c(cc21)Sc1c-4c(C)c2ccccc2c1CC(C)(C)C. The molecule has 6 aromatic rings. The summed E-state index contributed by atoms with van der Waals surface area (Å²) >= 11 is 1.93. The number of benzene rings is 3. The highest BCUT2D eigenvalue weighted by atomic mass is 32.2. The fourth-order valence-corrected chi connectivity index (χ4v) is 7.27. The van der Waals surface area contributed by atoms with Crippen LogP contribution in [0, 0.1) is 19.3 Å². The van der Waals surface area contributed by atoms with E-state index in [4.69, 9.17) is 8.83 Å². The summed E-state index contributed by atoms with van der Waals surface area (Å²) in [5, 5.41) is 7.33. The van der Waals surface area contributed by atoms with E-state index in [1.807, 2.05) is 18.7 Å². The predicted molar refractivity (Wildman–Crippen MR) is 144 cm³/mol. The van der Waals surface area contributed by atoms with Crippen molar-refractivity contribution in [3.05, 3.63) is 65.5 Å². The molecule has 0 amide bonds. The lowest BCUT2D eigenvalue weighted by Crippen LogP contribution is -2.32. The molecule has 0 spiro atoms. The highest BCUT2D eigenvalue weighted by Gasteiger charge is 2.34. The first kappa shape index (κ1) is 21.1. The van der Waals surface area contributed by atoms with Crippen molar-refractivity contribution < 1.29 is 13.4 Å². The maximum atomic E-state index is 6.30. The second-order valence-corrected chi connectivity index (χ2v) is 12.2. The van der Waals surface area contributed by atoms with E-state index in [1.54, 1.807) is 0 Å². The molecule has 0 fully saturated rings. The number of nitrogens with zero attached hydrogens (tertiary/aromatic N) is 1. The number of hydrogen-bond acceptors (Lipinski definition) is 3. The monoisotopic (exact) mass is 478 g/mol. The standard InChI is InChI=1S/C31H28NO2S/c1-16-13-22-21-14-24-26-20(28(21)34-30(22)33-16)11-12-32(6)27(26)25-17(2)18-9-7-8-10-19(18)23(29(25)35-24)15-31(3,4)5/h7-14H,15H2,1-6H3/q+1. The molecule has 35 heavy (non-hydrogen) atoms. The third kappa shape index (κ3) is 2.89. The lowest BCUT2D eigenvalue weighted by molar-refractivity contribution is -0.659. The van der Waals surface area contributed by atoms with Crippen LogP contribution >= 0.6 is 11.8 Å². The van der Waals surface area contributed by atoms with Crippen molar-refractivity contribution in [1.82, 2.24) is 0 Å². The Bertz CT molecular complexity index is 1860. The number of furan rings is 2. The van der Waals surface area contributed by atoms with Crippen LogP contribution in [0.5, 0.6) is 0 Å². The largest absolute Gasteiger partial charge is 0.430 e. The molecule has 3 aromatic carbocycles. The number of fused-ring (bicyclic) bond motifs is 7. The van der Waals surface area contributed by atoms with Crippen LogP contribution in [-0.4, -0.2) is 0 Å². The van der Waals surface area contributed by atoms with Gasteiger partial charge in [-0.3, -0.25) is 0 Å². The molecule has 4 heteroatoms. The lowest BCUT2D eigenvalue weighted by atomic mass is 9.83. The van der Waals surface area contributed by atoms with E-state index in [9.17, 15) is 0 Å². The average molecular weight is 479 g/mol. The Morgan fingerprint density at radius 2 is 1.66 bits per heavy atom. The van der Waals surface area contributed by atoms with Gasteiger partial charge in [0.05, 0.1) is 16.3 Å². The maximum Gasteiger partial charge on any atom is 0.298 e. The van der Waals surface area contributed by atoms with Crippen molar-refractivity contribution >= 4 is 55.4 Å². The molecule has 0 aliphatic carbocycles. The minimum Gasteiger partial charge on any atom is -0.430 e. The molecule has 0 atom stereocenters. The van der Waals surface area contributed by atoms with E-state index < -0.39 is 0 Å². The van der Waals surface area contributed by atoms with Crippen molar-refractivity contribution in [3.63, 3.8) is 0 Å². The number of rotatable bonds is 1. The molecule has 3 aromatic heterocycles. The molecule has 0 radical (unpaired) electrons. The summed E-state index contributed by atoms with van der Waals surface area (Å²) in [5.41, 5.74) is 6.53. The summed E-state index contributed by atoms with van der Waals surface area (Å²) in [6.07, 6.45) is 3.20. The van der Waals surface area contributed by atoms with Gasteiger partial charge >= 0.3 is 0 Å². The molecule has 7 rings (SSSR count). The summed E-state index contributed by atoms with van der Waals surface area (Å²) in [6, 6.07) is 15.5. The summed E-state index contributed by atoms with van der Waals surface area (Å²) in [7, 11) is 2.16. The molecule has 3 nitrogen and oxygen atoms in total.